The lowest BCUT2D eigenvalue weighted by atomic mass is 9.92. The third-order valence-electron chi connectivity index (χ3n) is 4.69. The number of rotatable bonds is 4. The lowest BCUT2D eigenvalue weighted by molar-refractivity contribution is 0.208. The van der Waals surface area contributed by atoms with E-state index >= 15 is 0 Å². The van der Waals surface area contributed by atoms with Crippen LogP contribution in [0.15, 0.2) is 29.3 Å². The van der Waals surface area contributed by atoms with E-state index in [1.54, 1.807) is 12.3 Å². The second-order valence-corrected chi connectivity index (χ2v) is 8.77. The minimum absolute atomic E-state index is 0.165. The van der Waals surface area contributed by atoms with E-state index in [0.29, 0.717) is 30.3 Å². The molecular formula is C16H19N3O3S2. The summed E-state index contributed by atoms with van der Waals surface area (Å²) in [7, 11) is -3.46. The first-order chi connectivity index (χ1) is 11.6. The second kappa shape index (κ2) is 6.42. The topological polar surface area (TPSA) is 72.4 Å². The first-order valence-electron chi connectivity index (χ1n) is 8.19. The first kappa shape index (κ1) is 16.0. The van der Waals surface area contributed by atoms with Gasteiger partial charge in [0.2, 0.25) is 15.9 Å². The minimum Gasteiger partial charge on any atom is -0.471 e. The Labute approximate surface area is 145 Å². The number of fused-ring (bicyclic) bond motifs is 1. The zero-order valence-corrected chi connectivity index (χ0v) is 14.9. The van der Waals surface area contributed by atoms with Crippen LogP contribution in [-0.2, 0) is 22.9 Å². The molecule has 1 aliphatic carbocycles. The van der Waals surface area contributed by atoms with Crippen molar-refractivity contribution in [3.63, 3.8) is 0 Å². The van der Waals surface area contributed by atoms with Crippen molar-refractivity contribution in [3.8, 4) is 5.88 Å². The zero-order chi connectivity index (χ0) is 16.6. The Morgan fingerprint density at radius 2 is 2.04 bits per heavy atom. The van der Waals surface area contributed by atoms with Crippen molar-refractivity contribution in [1.29, 1.82) is 0 Å². The Balaban J connectivity index is 1.51. The Hall–Kier alpha value is -1.51. The normalized spacial score (nSPS) is 21.6. The van der Waals surface area contributed by atoms with Crippen molar-refractivity contribution in [2.45, 2.75) is 43.1 Å². The van der Waals surface area contributed by atoms with Crippen LogP contribution in [0, 0.1) is 0 Å². The highest BCUT2D eigenvalue weighted by Gasteiger charge is 2.34. The maximum absolute atomic E-state index is 12.9. The molecule has 0 saturated carbocycles. The number of hydrogen-bond donors (Lipinski definition) is 0. The molecule has 0 amide bonds. The maximum atomic E-state index is 12.9. The first-order valence-corrected chi connectivity index (χ1v) is 10.4. The molecule has 128 valence electrons. The molecule has 1 saturated heterocycles. The number of hydrogen-bond acceptors (Lipinski definition) is 6. The Morgan fingerprint density at radius 3 is 2.83 bits per heavy atom. The average molecular weight is 365 g/mol. The van der Waals surface area contributed by atoms with Gasteiger partial charge in [0.15, 0.2) is 0 Å². The fraction of sp³-hybridized carbons (Fsp3) is 0.500. The lowest BCUT2D eigenvalue weighted by Gasteiger charge is -2.20. The van der Waals surface area contributed by atoms with Crippen LogP contribution >= 0.6 is 11.7 Å². The summed E-state index contributed by atoms with van der Waals surface area (Å²) in [6.45, 7) is 0.832. The summed E-state index contributed by atoms with van der Waals surface area (Å²) in [5, 5.41) is 0. The van der Waals surface area contributed by atoms with E-state index in [2.05, 4.69) is 8.75 Å². The van der Waals surface area contributed by atoms with E-state index < -0.39 is 10.0 Å². The Kier molecular flexibility index (Phi) is 4.28. The molecule has 2 aliphatic rings. The van der Waals surface area contributed by atoms with Crippen LogP contribution in [0.4, 0.5) is 0 Å². The monoisotopic (exact) mass is 365 g/mol. The molecule has 8 heteroatoms. The van der Waals surface area contributed by atoms with Crippen LogP contribution < -0.4 is 4.74 Å². The van der Waals surface area contributed by atoms with Crippen LogP contribution in [0.25, 0.3) is 0 Å². The molecule has 6 nitrogen and oxygen atoms in total. The van der Waals surface area contributed by atoms with Gasteiger partial charge in [0.05, 0.1) is 23.2 Å². The van der Waals surface area contributed by atoms with E-state index in [0.717, 1.165) is 31.0 Å². The zero-order valence-electron chi connectivity index (χ0n) is 13.2. The maximum Gasteiger partial charge on any atom is 0.246 e. The highest BCUT2D eigenvalue weighted by molar-refractivity contribution is 7.89. The Bertz CT molecular complexity index is 821. The molecule has 1 unspecified atom stereocenters. The second-order valence-electron chi connectivity index (χ2n) is 6.27. The predicted molar refractivity (Wildman–Crippen MR) is 90.8 cm³/mol. The van der Waals surface area contributed by atoms with Crippen molar-refractivity contribution in [2.75, 3.05) is 13.1 Å². The number of sulfonamides is 1. The van der Waals surface area contributed by atoms with Crippen LogP contribution in [0.5, 0.6) is 5.88 Å². The van der Waals surface area contributed by atoms with Crippen molar-refractivity contribution < 1.29 is 13.2 Å². The van der Waals surface area contributed by atoms with Gasteiger partial charge in [0, 0.05) is 6.54 Å². The van der Waals surface area contributed by atoms with E-state index in [-0.39, 0.29) is 6.10 Å². The van der Waals surface area contributed by atoms with Gasteiger partial charge >= 0.3 is 0 Å². The number of aryl methyl sites for hydroxylation is 2. The van der Waals surface area contributed by atoms with Gasteiger partial charge in [-0.15, -0.1) is 4.37 Å². The van der Waals surface area contributed by atoms with E-state index in [4.69, 9.17) is 4.74 Å². The van der Waals surface area contributed by atoms with Gasteiger partial charge in [-0.05, 0) is 55.4 Å². The number of nitrogens with zero attached hydrogens (tertiary/aromatic N) is 3. The largest absolute Gasteiger partial charge is 0.471 e. The summed E-state index contributed by atoms with van der Waals surface area (Å²) >= 11 is 1.08. The van der Waals surface area contributed by atoms with Crippen molar-refractivity contribution in [3.05, 3.63) is 35.5 Å². The molecule has 4 rings (SSSR count). The smallest absolute Gasteiger partial charge is 0.246 e. The molecule has 24 heavy (non-hydrogen) atoms. The van der Waals surface area contributed by atoms with Crippen LogP contribution in [0.1, 0.15) is 30.4 Å². The predicted octanol–water partition coefficient (Wildman–Crippen LogP) is 2.26. The highest BCUT2D eigenvalue weighted by atomic mass is 32.2. The number of ether oxygens (including phenoxy) is 1. The number of aromatic nitrogens is 2. The lowest BCUT2D eigenvalue weighted by Crippen LogP contribution is -2.31. The molecule has 1 atom stereocenters. The molecule has 2 aromatic rings. The molecule has 0 radical (unpaired) electrons. The molecule has 1 fully saturated rings. The summed E-state index contributed by atoms with van der Waals surface area (Å²) in [6.07, 6.45) is 6.42. The standard InChI is InChI=1S/C16H19N3O3S2/c20-24(21,15-6-5-12-3-1-2-4-13(12)9-15)19-8-7-14(11-19)22-16-10-17-23-18-16/h5-6,9-10,14H,1-4,7-8,11H2. The molecule has 0 bridgehead atoms. The third-order valence-corrected chi connectivity index (χ3v) is 7.02. The fourth-order valence-corrected chi connectivity index (χ4v) is 5.30. The molecular weight excluding hydrogens is 346 g/mol. The fourth-order valence-electron chi connectivity index (χ4n) is 3.41. The van der Waals surface area contributed by atoms with Crippen LogP contribution in [-0.4, -0.2) is 40.7 Å². The summed E-state index contributed by atoms with van der Waals surface area (Å²) in [4.78, 5) is 0.402. The summed E-state index contributed by atoms with van der Waals surface area (Å²) in [6, 6.07) is 5.59. The van der Waals surface area contributed by atoms with Gasteiger partial charge in [0.25, 0.3) is 0 Å². The summed E-state index contributed by atoms with van der Waals surface area (Å²) in [5.74, 6) is 0.470. The Morgan fingerprint density at radius 1 is 1.21 bits per heavy atom. The van der Waals surface area contributed by atoms with Crippen molar-refractivity contribution in [1.82, 2.24) is 13.1 Å². The molecule has 1 aromatic heterocycles. The highest BCUT2D eigenvalue weighted by Crippen LogP contribution is 2.28. The van der Waals surface area contributed by atoms with Gasteiger partial charge in [-0.1, -0.05) is 6.07 Å². The van der Waals surface area contributed by atoms with E-state index in [1.807, 2.05) is 12.1 Å². The van der Waals surface area contributed by atoms with Gasteiger partial charge < -0.3 is 4.74 Å². The van der Waals surface area contributed by atoms with E-state index in [1.165, 1.54) is 21.9 Å². The van der Waals surface area contributed by atoms with Crippen LogP contribution in [0.3, 0.4) is 0 Å². The van der Waals surface area contributed by atoms with E-state index in [9.17, 15) is 8.42 Å². The van der Waals surface area contributed by atoms with Crippen molar-refractivity contribution >= 4 is 21.8 Å². The summed E-state index contributed by atoms with van der Waals surface area (Å²) in [5.41, 5.74) is 2.47. The third kappa shape index (κ3) is 3.05. The number of benzene rings is 1. The molecule has 0 spiro atoms. The minimum atomic E-state index is -3.46. The SMILES string of the molecule is O=S(=O)(c1ccc2c(c1)CCCC2)N1CCC(Oc2cnsn2)C1. The van der Waals surface area contributed by atoms with Gasteiger partial charge in [-0.25, -0.2) is 8.42 Å². The van der Waals surface area contributed by atoms with Gasteiger partial charge in [-0.2, -0.15) is 8.68 Å². The quantitative estimate of drug-likeness (QED) is 0.831. The van der Waals surface area contributed by atoms with Crippen LogP contribution in [0.2, 0.25) is 0 Å². The molecule has 1 aliphatic heterocycles. The summed E-state index contributed by atoms with van der Waals surface area (Å²) < 4.78 is 40.9. The molecule has 0 N–H and O–H groups in total. The molecule has 1 aromatic carbocycles. The van der Waals surface area contributed by atoms with Gasteiger partial charge in [0.1, 0.15) is 12.3 Å². The average Bonchev–Trinajstić information content (AvgIpc) is 3.27. The van der Waals surface area contributed by atoms with Crippen molar-refractivity contribution in [2.24, 2.45) is 0 Å². The molecule has 2 heterocycles. The van der Waals surface area contributed by atoms with Gasteiger partial charge in [-0.3, -0.25) is 0 Å².